The molecule has 0 aliphatic heterocycles. The van der Waals surface area contributed by atoms with Gasteiger partial charge in [-0.05, 0) is 26.8 Å². The van der Waals surface area contributed by atoms with Crippen molar-refractivity contribution in [2.45, 2.75) is 32.2 Å². The lowest BCUT2D eigenvalue weighted by molar-refractivity contribution is -0.123. The molecule has 0 aliphatic rings. The summed E-state index contributed by atoms with van der Waals surface area (Å²) in [6.07, 6.45) is 6.66. The van der Waals surface area contributed by atoms with Crippen LogP contribution in [-0.4, -0.2) is 18.0 Å². The van der Waals surface area contributed by atoms with Gasteiger partial charge in [-0.15, -0.1) is 12.3 Å². The van der Waals surface area contributed by atoms with Gasteiger partial charge in [0.05, 0.1) is 5.54 Å². The van der Waals surface area contributed by atoms with E-state index in [4.69, 9.17) is 12.2 Å². The molecule has 3 nitrogen and oxygen atoms in total. The van der Waals surface area contributed by atoms with Crippen molar-refractivity contribution < 1.29 is 4.79 Å². The zero-order chi connectivity index (χ0) is 9.61. The van der Waals surface area contributed by atoms with Crippen molar-refractivity contribution in [3.05, 3.63) is 0 Å². The van der Waals surface area contributed by atoms with Crippen LogP contribution in [0.1, 0.15) is 26.7 Å². The van der Waals surface area contributed by atoms with Gasteiger partial charge < -0.3 is 11.1 Å². The average Bonchev–Trinajstić information content (AvgIpc) is 1.98. The lowest BCUT2D eigenvalue weighted by Crippen LogP contribution is -2.50. The highest BCUT2D eigenvalue weighted by Gasteiger charge is 2.22. The van der Waals surface area contributed by atoms with E-state index in [2.05, 4.69) is 11.2 Å². The topological polar surface area (TPSA) is 55.1 Å². The zero-order valence-electron chi connectivity index (χ0n) is 7.68. The summed E-state index contributed by atoms with van der Waals surface area (Å²) >= 11 is 0. The van der Waals surface area contributed by atoms with E-state index in [1.165, 1.54) is 0 Å². The standard InChI is InChI=1S/C9H16N2O/c1-4-5-6-7-11-9(2,3)8(10)12/h1,11H,5-7H2,2-3H3,(H2,10,12). The summed E-state index contributed by atoms with van der Waals surface area (Å²) in [4.78, 5) is 10.8. The average molecular weight is 168 g/mol. The SMILES string of the molecule is C#CCCCNC(C)(C)C(N)=O. The Morgan fingerprint density at radius 3 is 2.67 bits per heavy atom. The van der Waals surface area contributed by atoms with E-state index in [9.17, 15) is 4.79 Å². The van der Waals surface area contributed by atoms with E-state index in [0.29, 0.717) is 0 Å². The van der Waals surface area contributed by atoms with Crippen molar-refractivity contribution in [3.8, 4) is 12.3 Å². The molecule has 0 radical (unpaired) electrons. The molecule has 12 heavy (non-hydrogen) atoms. The van der Waals surface area contributed by atoms with Crippen LogP contribution in [0.2, 0.25) is 0 Å². The molecule has 68 valence electrons. The van der Waals surface area contributed by atoms with Gasteiger partial charge in [0.2, 0.25) is 5.91 Å². The Morgan fingerprint density at radius 2 is 2.25 bits per heavy atom. The predicted octanol–water partition coefficient (Wildman–Crippen LogP) is 0.253. The number of carbonyl (C=O) groups is 1. The third kappa shape index (κ3) is 3.99. The van der Waals surface area contributed by atoms with Gasteiger partial charge in [-0.3, -0.25) is 4.79 Å². The maximum Gasteiger partial charge on any atom is 0.237 e. The lowest BCUT2D eigenvalue weighted by atomic mass is 10.1. The molecule has 0 rings (SSSR count). The second-order valence-corrected chi connectivity index (χ2v) is 3.22. The van der Waals surface area contributed by atoms with Gasteiger partial charge in [0, 0.05) is 6.42 Å². The number of rotatable bonds is 5. The fourth-order valence-electron chi connectivity index (χ4n) is 0.678. The summed E-state index contributed by atoms with van der Waals surface area (Å²) in [6.45, 7) is 4.23. The monoisotopic (exact) mass is 168 g/mol. The number of primary amides is 1. The number of nitrogens with two attached hydrogens (primary N) is 1. The molecule has 0 saturated heterocycles. The molecule has 3 heteroatoms. The van der Waals surface area contributed by atoms with E-state index >= 15 is 0 Å². The molecule has 0 atom stereocenters. The lowest BCUT2D eigenvalue weighted by Gasteiger charge is -2.21. The van der Waals surface area contributed by atoms with Gasteiger partial charge in [0.1, 0.15) is 0 Å². The van der Waals surface area contributed by atoms with Gasteiger partial charge in [-0.25, -0.2) is 0 Å². The van der Waals surface area contributed by atoms with E-state index in [-0.39, 0.29) is 5.91 Å². The predicted molar refractivity (Wildman–Crippen MR) is 49.3 cm³/mol. The van der Waals surface area contributed by atoms with E-state index < -0.39 is 5.54 Å². The van der Waals surface area contributed by atoms with Gasteiger partial charge in [-0.1, -0.05) is 0 Å². The molecular weight excluding hydrogens is 152 g/mol. The Balaban J connectivity index is 3.63. The summed E-state index contributed by atoms with van der Waals surface area (Å²) in [5.41, 5.74) is 4.51. The maximum absolute atomic E-state index is 10.8. The summed E-state index contributed by atoms with van der Waals surface area (Å²) in [7, 11) is 0. The van der Waals surface area contributed by atoms with E-state index in [1.54, 1.807) is 13.8 Å². The van der Waals surface area contributed by atoms with Gasteiger partial charge in [-0.2, -0.15) is 0 Å². The minimum atomic E-state index is -0.630. The summed E-state index contributed by atoms with van der Waals surface area (Å²) in [6, 6.07) is 0. The first-order valence-corrected chi connectivity index (χ1v) is 3.99. The van der Waals surface area contributed by atoms with Crippen LogP contribution in [0.3, 0.4) is 0 Å². The Bertz CT molecular complexity index is 191. The smallest absolute Gasteiger partial charge is 0.237 e. The third-order valence-electron chi connectivity index (χ3n) is 1.68. The Kier molecular flexibility index (Phi) is 4.38. The molecule has 0 saturated carbocycles. The fraction of sp³-hybridized carbons (Fsp3) is 0.667. The number of hydrogen-bond acceptors (Lipinski definition) is 2. The largest absolute Gasteiger partial charge is 0.368 e. The fourth-order valence-corrected chi connectivity index (χ4v) is 0.678. The first kappa shape index (κ1) is 11.0. The second kappa shape index (κ2) is 4.78. The molecular formula is C9H16N2O. The summed E-state index contributed by atoms with van der Waals surface area (Å²) < 4.78 is 0. The van der Waals surface area contributed by atoms with Crippen LogP contribution < -0.4 is 11.1 Å². The highest BCUT2D eigenvalue weighted by molar-refractivity contribution is 5.83. The van der Waals surface area contributed by atoms with Gasteiger partial charge in [0.15, 0.2) is 0 Å². The quantitative estimate of drug-likeness (QED) is 0.457. The van der Waals surface area contributed by atoms with Crippen molar-refractivity contribution in [2.75, 3.05) is 6.54 Å². The first-order valence-electron chi connectivity index (χ1n) is 3.99. The minimum Gasteiger partial charge on any atom is -0.368 e. The highest BCUT2D eigenvalue weighted by Crippen LogP contribution is 2.00. The molecule has 0 bridgehead atoms. The van der Waals surface area contributed by atoms with E-state index in [0.717, 1.165) is 19.4 Å². The Hall–Kier alpha value is -1.01. The van der Waals surface area contributed by atoms with Crippen LogP contribution in [0.25, 0.3) is 0 Å². The van der Waals surface area contributed by atoms with Crippen LogP contribution in [0.5, 0.6) is 0 Å². The molecule has 1 amide bonds. The Morgan fingerprint density at radius 1 is 1.67 bits per heavy atom. The molecule has 0 spiro atoms. The number of carbonyl (C=O) groups excluding carboxylic acids is 1. The van der Waals surface area contributed by atoms with E-state index in [1.807, 2.05) is 0 Å². The molecule has 0 fully saturated rings. The minimum absolute atomic E-state index is 0.344. The van der Waals surface area contributed by atoms with Crippen LogP contribution in [0.4, 0.5) is 0 Å². The van der Waals surface area contributed by atoms with Crippen LogP contribution in [-0.2, 0) is 4.79 Å². The van der Waals surface area contributed by atoms with Gasteiger partial charge in [0.25, 0.3) is 0 Å². The molecule has 0 aromatic rings. The van der Waals surface area contributed by atoms with Crippen LogP contribution in [0, 0.1) is 12.3 Å². The molecule has 0 aromatic heterocycles. The second-order valence-electron chi connectivity index (χ2n) is 3.22. The third-order valence-corrected chi connectivity index (χ3v) is 1.68. The number of hydrogen-bond donors (Lipinski definition) is 2. The van der Waals surface area contributed by atoms with Crippen LogP contribution in [0.15, 0.2) is 0 Å². The van der Waals surface area contributed by atoms with Crippen molar-refractivity contribution in [2.24, 2.45) is 5.73 Å². The zero-order valence-corrected chi connectivity index (χ0v) is 7.68. The van der Waals surface area contributed by atoms with Gasteiger partial charge >= 0.3 is 0 Å². The Labute approximate surface area is 73.7 Å². The van der Waals surface area contributed by atoms with Crippen LogP contribution >= 0.6 is 0 Å². The molecule has 0 aromatic carbocycles. The number of unbranched alkanes of at least 4 members (excludes halogenated alkanes) is 1. The molecule has 0 aliphatic carbocycles. The summed E-state index contributed by atoms with van der Waals surface area (Å²) in [5.74, 6) is 2.18. The molecule has 0 heterocycles. The number of terminal acetylenes is 1. The molecule has 3 N–H and O–H groups in total. The van der Waals surface area contributed by atoms with Crippen molar-refractivity contribution >= 4 is 5.91 Å². The molecule has 0 unspecified atom stereocenters. The van der Waals surface area contributed by atoms with Crippen molar-refractivity contribution in [1.29, 1.82) is 0 Å². The number of amides is 1. The highest BCUT2D eigenvalue weighted by atomic mass is 16.1. The normalized spacial score (nSPS) is 10.8. The first-order chi connectivity index (χ1) is 5.50. The maximum atomic E-state index is 10.8. The van der Waals surface area contributed by atoms with Crippen molar-refractivity contribution in [3.63, 3.8) is 0 Å². The van der Waals surface area contributed by atoms with Crippen molar-refractivity contribution in [1.82, 2.24) is 5.32 Å². The summed E-state index contributed by atoms with van der Waals surface area (Å²) in [5, 5.41) is 3.02. The number of nitrogens with one attached hydrogen (secondary N) is 1.